The number of pyridine rings is 2. The highest BCUT2D eigenvalue weighted by atomic mass is 35.5. The van der Waals surface area contributed by atoms with E-state index in [-0.39, 0.29) is 24.8 Å². The van der Waals surface area contributed by atoms with E-state index < -0.39 is 0 Å². The molecule has 2 aromatic carbocycles. The maximum absolute atomic E-state index is 3.80. The Morgan fingerprint density at radius 3 is 1.13 bits per heavy atom. The van der Waals surface area contributed by atoms with Crippen LogP contribution in [0.4, 0.5) is 0 Å². The first-order chi connectivity index (χ1) is 13.8. The third kappa shape index (κ3) is 6.41. The number of halogens is 2. The average Bonchev–Trinajstić information content (AvgIpc) is 2.80. The topological polar surface area (TPSA) is 7.76 Å². The van der Waals surface area contributed by atoms with Crippen LogP contribution in [0.2, 0.25) is 0 Å². The predicted octanol–water partition coefficient (Wildman–Crippen LogP) is -0.779. The lowest BCUT2D eigenvalue weighted by Crippen LogP contribution is -3.00. The molecule has 2 heterocycles. The number of hydrogen-bond donors (Lipinski definition) is 0. The molecule has 0 saturated heterocycles. The molecule has 152 valence electrons. The van der Waals surface area contributed by atoms with Crippen LogP contribution in [0.1, 0.15) is 11.4 Å². The summed E-state index contributed by atoms with van der Waals surface area (Å²) in [6.45, 7) is 7.59. The van der Waals surface area contributed by atoms with Crippen molar-refractivity contribution in [3.63, 3.8) is 0 Å². The summed E-state index contributed by atoms with van der Waals surface area (Å²) in [6.07, 6.45) is 7.78. The Morgan fingerprint density at radius 1 is 0.467 bits per heavy atom. The highest BCUT2D eigenvalue weighted by molar-refractivity contribution is 5.39. The van der Waals surface area contributed by atoms with Gasteiger partial charge in [-0.15, -0.1) is 0 Å². The van der Waals surface area contributed by atoms with Crippen molar-refractivity contribution in [2.75, 3.05) is 0 Å². The molecule has 0 aliphatic heterocycles. The second kappa shape index (κ2) is 13.1. The van der Waals surface area contributed by atoms with Gasteiger partial charge in [-0.3, -0.25) is 0 Å². The van der Waals surface area contributed by atoms with Crippen molar-refractivity contribution in [1.82, 2.24) is 0 Å². The molecule has 0 aliphatic carbocycles. The zero-order valence-electron chi connectivity index (χ0n) is 16.6. The van der Waals surface area contributed by atoms with E-state index in [1.165, 1.54) is 0 Å². The number of para-hydroxylation sites is 2. The van der Waals surface area contributed by atoms with Gasteiger partial charge in [-0.1, -0.05) is 49.6 Å². The number of aromatic nitrogens is 2. The summed E-state index contributed by atoms with van der Waals surface area (Å²) in [5.41, 5.74) is 4.50. The molecule has 0 bridgehead atoms. The molecule has 0 fully saturated rings. The average molecular weight is 435 g/mol. The molecule has 4 rings (SSSR count). The molecule has 0 aliphatic rings. The SMILES string of the molecule is C=Cc1cccc[n+]1-c1ccccc1.C=Cc1cccc[n+]1-c1ccccc1.[Cl-].[Cl-]. The van der Waals surface area contributed by atoms with E-state index in [1.807, 2.05) is 97.3 Å². The lowest BCUT2D eigenvalue weighted by atomic mass is 10.2. The summed E-state index contributed by atoms with van der Waals surface area (Å²) in [5, 5.41) is 0. The largest absolute Gasteiger partial charge is 1.00 e. The number of nitrogens with zero attached hydrogens (tertiary/aromatic N) is 2. The standard InChI is InChI=1S/2C13H12N.2ClH/c2*1-2-12-8-6-7-11-14(12)13-9-4-3-5-10-13;;/h2*2-11H,1H2;2*1H/q2*+1;;/p-2. The van der Waals surface area contributed by atoms with Crippen LogP contribution in [-0.2, 0) is 0 Å². The van der Waals surface area contributed by atoms with Crippen molar-refractivity contribution >= 4 is 12.2 Å². The highest BCUT2D eigenvalue weighted by Crippen LogP contribution is 2.02. The van der Waals surface area contributed by atoms with E-state index in [9.17, 15) is 0 Å². The van der Waals surface area contributed by atoms with Gasteiger partial charge in [-0.05, 0) is 12.1 Å². The molecule has 30 heavy (non-hydrogen) atoms. The molecule has 0 unspecified atom stereocenters. The van der Waals surface area contributed by atoms with Crippen LogP contribution in [-0.4, -0.2) is 0 Å². The zero-order chi connectivity index (χ0) is 19.6. The summed E-state index contributed by atoms with van der Waals surface area (Å²) in [5.74, 6) is 0. The maximum atomic E-state index is 3.80. The van der Waals surface area contributed by atoms with Crippen molar-refractivity contribution in [3.8, 4) is 11.4 Å². The minimum Gasteiger partial charge on any atom is -1.00 e. The second-order valence-corrected chi connectivity index (χ2v) is 6.07. The van der Waals surface area contributed by atoms with Gasteiger partial charge >= 0.3 is 0 Å². The van der Waals surface area contributed by atoms with Crippen LogP contribution in [0.3, 0.4) is 0 Å². The monoisotopic (exact) mass is 434 g/mol. The number of benzene rings is 2. The maximum Gasteiger partial charge on any atom is 0.211 e. The van der Waals surface area contributed by atoms with Gasteiger partial charge in [0.15, 0.2) is 12.4 Å². The van der Waals surface area contributed by atoms with E-state index in [2.05, 4.69) is 46.6 Å². The minimum atomic E-state index is 0. The molecule has 4 heteroatoms. The molecule has 2 nitrogen and oxygen atoms in total. The van der Waals surface area contributed by atoms with E-state index >= 15 is 0 Å². The Labute approximate surface area is 191 Å². The van der Waals surface area contributed by atoms with Gasteiger partial charge in [0.2, 0.25) is 22.8 Å². The van der Waals surface area contributed by atoms with E-state index in [4.69, 9.17) is 0 Å². The van der Waals surface area contributed by atoms with Gasteiger partial charge in [-0.25, -0.2) is 0 Å². The molecular weight excluding hydrogens is 411 g/mol. The van der Waals surface area contributed by atoms with Gasteiger partial charge in [0.25, 0.3) is 0 Å². The van der Waals surface area contributed by atoms with Gasteiger partial charge in [0.1, 0.15) is 0 Å². The summed E-state index contributed by atoms with van der Waals surface area (Å²) < 4.78 is 4.21. The first-order valence-corrected chi connectivity index (χ1v) is 9.20. The Kier molecular flexibility index (Phi) is 10.8. The predicted molar refractivity (Wildman–Crippen MR) is 116 cm³/mol. The first-order valence-electron chi connectivity index (χ1n) is 9.20. The molecule has 2 aromatic heterocycles. The van der Waals surface area contributed by atoms with Crippen LogP contribution in [0.15, 0.2) is 123 Å². The van der Waals surface area contributed by atoms with Crippen LogP contribution in [0, 0.1) is 0 Å². The fourth-order valence-electron chi connectivity index (χ4n) is 2.89. The van der Waals surface area contributed by atoms with Crippen molar-refractivity contribution in [2.24, 2.45) is 0 Å². The molecule has 0 radical (unpaired) electrons. The van der Waals surface area contributed by atoms with Crippen LogP contribution in [0.5, 0.6) is 0 Å². The third-order valence-electron chi connectivity index (χ3n) is 4.27. The fraction of sp³-hybridized carbons (Fsp3) is 0. The minimum absolute atomic E-state index is 0. The quantitative estimate of drug-likeness (QED) is 0.372. The van der Waals surface area contributed by atoms with Gasteiger partial charge < -0.3 is 24.8 Å². The van der Waals surface area contributed by atoms with Crippen LogP contribution >= 0.6 is 0 Å². The summed E-state index contributed by atoms with van der Waals surface area (Å²) in [7, 11) is 0. The summed E-state index contributed by atoms with van der Waals surface area (Å²) >= 11 is 0. The fourth-order valence-corrected chi connectivity index (χ4v) is 2.89. The Bertz CT molecular complexity index is 962. The van der Waals surface area contributed by atoms with E-state index in [0.717, 1.165) is 22.8 Å². The van der Waals surface area contributed by atoms with Crippen molar-refractivity contribution in [3.05, 3.63) is 134 Å². The Hall–Kier alpha value is -3.20. The number of rotatable bonds is 4. The van der Waals surface area contributed by atoms with Crippen LogP contribution in [0.25, 0.3) is 23.5 Å². The van der Waals surface area contributed by atoms with Crippen molar-refractivity contribution < 1.29 is 33.9 Å². The Morgan fingerprint density at radius 2 is 0.800 bits per heavy atom. The zero-order valence-corrected chi connectivity index (χ0v) is 18.1. The van der Waals surface area contributed by atoms with Gasteiger partial charge in [0.05, 0.1) is 0 Å². The summed E-state index contributed by atoms with van der Waals surface area (Å²) in [6, 6.07) is 32.6. The molecule has 0 atom stereocenters. The second-order valence-electron chi connectivity index (χ2n) is 6.07. The number of hydrogen-bond acceptors (Lipinski definition) is 0. The van der Waals surface area contributed by atoms with Crippen molar-refractivity contribution in [2.45, 2.75) is 0 Å². The first kappa shape index (κ1) is 24.8. The normalized spacial score (nSPS) is 9.07. The van der Waals surface area contributed by atoms with Gasteiger partial charge in [-0.2, -0.15) is 9.13 Å². The Balaban J connectivity index is 0.000000281. The lowest BCUT2D eigenvalue weighted by Gasteiger charge is -1.97. The van der Waals surface area contributed by atoms with Crippen LogP contribution < -0.4 is 33.9 Å². The van der Waals surface area contributed by atoms with E-state index in [1.54, 1.807) is 0 Å². The molecular formula is C26H24Cl2N2. The molecule has 0 saturated carbocycles. The highest BCUT2D eigenvalue weighted by Gasteiger charge is 2.08. The smallest absolute Gasteiger partial charge is 0.211 e. The molecule has 0 amide bonds. The molecule has 0 spiro atoms. The third-order valence-corrected chi connectivity index (χ3v) is 4.27. The lowest BCUT2D eigenvalue weighted by molar-refractivity contribution is -0.598. The molecule has 0 N–H and O–H groups in total. The van der Waals surface area contributed by atoms with Gasteiger partial charge in [0, 0.05) is 60.7 Å². The van der Waals surface area contributed by atoms with Crippen molar-refractivity contribution in [1.29, 1.82) is 0 Å². The van der Waals surface area contributed by atoms with E-state index in [0.29, 0.717) is 0 Å². The molecule has 4 aromatic rings. The summed E-state index contributed by atoms with van der Waals surface area (Å²) in [4.78, 5) is 0.